The predicted octanol–water partition coefficient (Wildman–Crippen LogP) is 4.83. The van der Waals surface area contributed by atoms with Gasteiger partial charge in [-0.25, -0.2) is 4.79 Å². The maximum absolute atomic E-state index is 13.4. The van der Waals surface area contributed by atoms with Gasteiger partial charge < -0.3 is 14.0 Å². The summed E-state index contributed by atoms with van der Waals surface area (Å²) in [5.74, 6) is 2.02. The molecule has 3 aromatic rings. The minimum Gasteiger partial charge on any atom is -0.467 e. The number of terminal acetylenes is 1. The van der Waals surface area contributed by atoms with Crippen molar-refractivity contribution in [3.05, 3.63) is 69.1 Å². The summed E-state index contributed by atoms with van der Waals surface area (Å²) in [5.41, 5.74) is 3.95. The van der Waals surface area contributed by atoms with Gasteiger partial charge in [-0.2, -0.15) is 0 Å². The quantitative estimate of drug-likeness (QED) is 0.438. The van der Waals surface area contributed by atoms with Crippen LogP contribution in [-0.2, 0) is 21.3 Å². The normalized spacial score (nSPS) is 12.4. The van der Waals surface area contributed by atoms with Crippen molar-refractivity contribution in [2.75, 3.05) is 7.11 Å². The first-order valence-electron chi connectivity index (χ1n) is 10.4. The first-order valence-corrected chi connectivity index (χ1v) is 10.4. The average molecular weight is 432 g/mol. The molecule has 0 saturated carbocycles. The highest BCUT2D eigenvalue weighted by atomic mass is 16.6. The monoisotopic (exact) mass is 431 g/mol. The summed E-state index contributed by atoms with van der Waals surface area (Å²) in [6, 6.07) is 11.5. The third kappa shape index (κ3) is 4.32. The van der Waals surface area contributed by atoms with Crippen molar-refractivity contribution in [3.8, 4) is 23.5 Å². The number of hydrogen-bond donors (Lipinski definition) is 0. The highest BCUT2D eigenvalue weighted by Gasteiger charge is 2.34. The van der Waals surface area contributed by atoms with Gasteiger partial charge in [-0.1, -0.05) is 35.7 Å². The number of aryl methyl sites for hydroxylation is 2. The number of carbonyl (C=O) groups excluding carboxylic acids is 1. The Kier molecular flexibility index (Phi) is 6.29. The Morgan fingerprint density at radius 2 is 1.78 bits per heavy atom. The van der Waals surface area contributed by atoms with E-state index < -0.39 is 17.7 Å². The number of hydrogen-bond acceptors (Lipinski definition) is 4. The molecule has 0 aliphatic rings. The van der Waals surface area contributed by atoms with Gasteiger partial charge in [0.25, 0.3) is 5.56 Å². The molecule has 0 fully saturated rings. The minimum absolute atomic E-state index is 0.257. The summed E-state index contributed by atoms with van der Waals surface area (Å²) in [7, 11) is 2.96. The van der Waals surface area contributed by atoms with Gasteiger partial charge in [0.15, 0.2) is 6.10 Å². The maximum atomic E-state index is 13.4. The molecule has 0 bridgehead atoms. The van der Waals surface area contributed by atoms with E-state index in [1.54, 1.807) is 19.2 Å². The van der Waals surface area contributed by atoms with Crippen LogP contribution in [0.15, 0.2) is 41.2 Å². The second-order valence-electron chi connectivity index (χ2n) is 8.98. The summed E-state index contributed by atoms with van der Waals surface area (Å²) in [4.78, 5) is 26.3. The largest absolute Gasteiger partial charge is 0.467 e. The van der Waals surface area contributed by atoms with Crippen LogP contribution in [0.4, 0.5) is 0 Å². The zero-order valence-corrected chi connectivity index (χ0v) is 19.7. The molecule has 0 spiro atoms. The predicted molar refractivity (Wildman–Crippen MR) is 128 cm³/mol. The number of carbonyl (C=O) groups is 1. The molecular formula is C27H29NO4. The lowest BCUT2D eigenvalue weighted by molar-refractivity contribution is -0.165. The Bertz CT molecular complexity index is 1300. The van der Waals surface area contributed by atoms with Crippen LogP contribution in [0, 0.1) is 26.2 Å². The number of benzene rings is 2. The summed E-state index contributed by atoms with van der Waals surface area (Å²) < 4.78 is 12.7. The smallest absolute Gasteiger partial charge is 0.341 e. The topological polar surface area (TPSA) is 57.5 Å². The number of rotatable bonds is 4. The molecule has 1 heterocycles. The van der Waals surface area contributed by atoms with E-state index in [-0.39, 0.29) is 5.56 Å². The van der Waals surface area contributed by atoms with E-state index in [4.69, 9.17) is 15.9 Å². The second-order valence-corrected chi connectivity index (χ2v) is 8.98. The van der Waals surface area contributed by atoms with E-state index in [1.165, 1.54) is 11.7 Å². The van der Waals surface area contributed by atoms with Crippen molar-refractivity contribution >= 4 is 16.7 Å². The average Bonchev–Trinajstić information content (AvgIpc) is 2.73. The summed E-state index contributed by atoms with van der Waals surface area (Å²) in [6.45, 7) is 9.61. The van der Waals surface area contributed by atoms with Gasteiger partial charge in [0, 0.05) is 23.6 Å². The third-order valence-electron chi connectivity index (χ3n) is 5.39. The lowest BCUT2D eigenvalue weighted by atomic mass is 9.90. The van der Waals surface area contributed by atoms with E-state index in [9.17, 15) is 9.59 Å². The van der Waals surface area contributed by atoms with Gasteiger partial charge >= 0.3 is 5.97 Å². The summed E-state index contributed by atoms with van der Waals surface area (Å²) in [6.07, 6.45) is 4.49. The van der Waals surface area contributed by atoms with Gasteiger partial charge in [-0.05, 0) is 63.3 Å². The van der Waals surface area contributed by atoms with E-state index in [1.807, 2.05) is 52.8 Å². The van der Waals surface area contributed by atoms with Crippen LogP contribution in [-0.4, -0.2) is 23.2 Å². The summed E-state index contributed by atoms with van der Waals surface area (Å²) in [5, 5.41) is 1.20. The fraction of sp³-hybridized carbons (Fsp3) is 0.333. The highest BCUT2D eigenvalue weighted by Crippen LogP contribution is 2.38. The number of aromatic nitrogens is 1. The third-order valence-corrected chi connectivity index (χ3v) is 5.39. The molecule has 0 aliphatic carbocycles. The summed E-state index contributed by atoms with van der Waals surface area (Å²) >= 11 is 0. The molecule has 5 heteroatoms. The Morgan fingerprint density at radius 3 is 2.34 bits per heavy atom. The first-order chi connectivity index (χ1) is 15.0. The molecular weight excluding hydrogens is 402 g/mol. The van der Waals surface area contributed by atoms with E-state index >= 15 is 0 Å². The van der Waals surface area contributed by atoms with Crippen LogP contribution in [0.1, 0.15) is 49.3 Å². The van der Waals surface area contributed by atoms with Crippen LogP contribution in [0.25, 0.3) is 21.9 Å². The van der Waals surface area contributed by atoms with Gasteiger partial charge in [0.2, 0.25) is 0 Å². The lowest BCUT2D eigenvalue weighted by Gasteiger charge is -2.29. The fourth-order valence-electron chi connectivity index (χ4n) is 3.99. The highest BCUT2D eigenvalue weighted by molar-refractivity contribution is 6.00. The molecule has 5 nitrogen and oxygen atoms in total. The lowest BCUT2D eigenvalue weighted by Crippen LogP contribution is -2.33. The van der Waals surface area contributed by atoms with Crippen molar-refractivity contribution < 1.29 is 14.3 Å². The number of pyridine rings is 1. The number of ether oxygens (including phenoxy) is 2. The molecule has 1 unspecified atom stereocenters. The first kappa shape index (κ1) is 23.3. The second kappa shape index (κ2) is 8.64. The van der Waals surface area contributed by atoms with Crippen molar-refractivity contribution in [1.29, 1.82) is 0 Å². The van der Waals surface area contributed by atoms with Gasteiger partial charge in [0.1, 0.15) is 0 Å². The van der Waals surface area contributed by atoms with Crippen molar-refractivity contribution in [2.24, 2.45) is 7.05 Å². The molecule has 0 amide bonds. The van der Waals surface area contributed by atoms with Crippen LogP contribution < -0.4 is 5.56 Å². The SMILES string of the molecule is C#Cc1ccc2c(-c3ccc(C)cc3C)c(C(OC(C)(C)C)C(=O)OC)n(C)c(=O)c2c1. The van der Waals surface area contributed by atoms with Crippen molar-refractivity contribution in [1.82, 2.24) is 4.57 Å². The molecule has 1 atom stereocenters. The zero-order chi connectivity index (χ0) is 23.8. The number of fused-ring (bicyclic) bond motifs is 1. The Balaban J connectivity index is 2.54. The van der Waals surface area contributed by atoms with E-state index in [0.717, 1.165) is 22.3 Å². The van der Waals surface area contributed by atoms with E-state index in [0.29, 0.717) is 22.0 Å². The molecule has 0 aliphatic heterocycles. The van der Waals surface area contributed by atoms with Crippen LogP contribution in [0.5, 0.6) is 0 Å². The molecule has 1 aromatic heterocycles. The minimum atomic E-state index is -1.09. The van der Waals surface area contributed by atoms with Gasteiger partial charge in [-0.3, -0.25) is 4.79 Å². The molecule has 0 saturated heterocycles. The Hall–Kier alpha value is -3.36. The van der Waals surface area contributed by atoms with Gasteiger partial charge in [-0.15, -0.1) is 6.42 Å². The molecule has 0 radical (unpaired) electrons. The van der Waals surface area contributed by atoms with Gasteiger partial charge in [0.05, 0.1) is 18.4 Å². The van der Waals surface area contributed by atoms with E-state index in [2.05, 4.69) is 12.0 Å². The molecule has 32 heavy (non-hydrogen) atoms. The standard InChI is InChI=1S/C27H29NO4/c1-9-18-11-13-20-21(15-18)25(29)28(7)23(24(26(30)31-8)32-27(4,5)6)22(20)19-12-10-16(2)14-17(19)3/h1,10-15,24H,2-8H3. The maximum Gasteiger partial charge on any atom is 0.341 e. The van der Waals surface area contributed by atoms with Crippen molar-refractivity contribution in [2.45, 2.75) is 46.3 Å². The number of nitrogens with zero attached hydrogens (tertiary/aromatic N) is 1. The van der Waals surface area contributed by atoms with Crippen LogP contribution in [0.2, 0.25) is 0 Å². The van der Waals surface area contributed by atoms with Crippen LogP contribution >= 0.6 is 0 Å². The molecule has 166 valence electrons. The number of methoxy groups -OCH3 is 1. The molecule has 3 rings (SSSR count). The van der Waals surface area contributed by atoms with Crippen molar-refractivity contribution in [3.63, 3.8) is 0 Å². The molecule has 0 N–H and O–H groups in total. The Morgan fingerprint density at radius 1 is 1.09 bits per heavy atom. The molecule has 2 aromatic carbocycles. The number of esters is 1. The fourth-order valence-corrected chi connectivity index (χ4v) is 3.99. The van der Waals surface area contributed by atoms with Crippen LogP contribution in [0.3, 0.4) is 0 Å². The Labute approximate surface area is 189 Å². The zero-order valence-electron chi connectivity index (χ0n) is 19.7.